The number of benzene rings is 3. The van der Waals surface area contributed by atoms with Crippen molar-refractivity contribution in [1.29, 1.82) is 0 Å². The van der Waals surface area contributed by atoms with Crippen molar-refractivity contribution in [2.75, 3.05) is 19.5 Å². The second kappa shape index (κ2) is 13.0. The summed E-state index contributed by atoms with van der Waals surface area (Å²) in [5, 5.41) is 5.56. The average molecular weight is 539 g/mol. The number of H-pyrrole nitrogens is 1. The van der Waals surface area contributed by atoms with E-state index in [0.29, 0.717) is 39.5 Å². The third kappa shape index (κ3) is 5.86. The second-order valence-electron chi connectivity index (χ2n) is 7.06. The molecule has 0 saturated carbocycles. The minimum absolute atomic E-state index is 0. The molecule has 1 aromatic heterocycles. The number of carbonyl (C=O) groups excluding carboxylic acids is 2. The number of nitrogens with one attached hydrogen (secondary N) is 3. The van der Waals surface area contributed by atoms with Gasteiger partial charge in [-0.05, 0) is 29.8 Å². The van der Waals surface area contributed by atoms with Gasteiger partial charge in [-0.25, -0.2) is 4.98 Å². The molecule has 11 heteroatoms. The van der Waals surface area contributed by atoms with Gasteiger partial charge in [0.15, 0.2) is 5.75 Å². The van der Waals surface area contributed by atoms with E-state index < -0.39 is 0 Å². The average Bonchev–Trinajstić information content (AvgIpc) is 3.27. The summed E-state index contributed by atoms with van der Waals surface area (Å²) in [4.78, 5) is 33.2. The van der Waals surface area contributed by atoms with Gasteiger partial charge in [-0.15, -0.1) is 37.2 Å². The van der Waals surface area contributed by atoms with Gasteiger partial charge in [0.25, 0.3) is 11.8 Å². The van der Waals surface area contributed by atoms with Crippen molar-refractivity contribution in [2.45, 2.75) is 6.54 Å². The molecule has 0 aliphatic rings. The van der Waals surface area contributed by atoms with E-state index in [1.807, 2.05) is 36.4 Å². The number of fused-ring (bicyclic) bond motifs is 1. The predicted molar refractivity (Wildman–Crippen MR) is 146 cm³/mol. The monoisotopic (exact) mass is 537 g/mol. The maximum Gasteiger partial charge on any atom is 0.258 e. The van der Waals surface area contributed by atoms with Crippen molar-refractivity contribution in [3.05, 3.63) is 77.6 Å². The highest BCUT2D eigenvalue weighted by atomic mass is 35.5. The topological polar surface area (TPSA) is 122 Å². The van der Waals surface area contributed by atoms with E-state index >= 15 is 0 Å². The fourth-order valence-corrected chi connectivity index (χ4v) is 3.66. The van der Waals surface area contributed by atoms with Gasteiger partial charge in [0.1, 0.15) is 11.3 Å². The zero-order valence-corrected chi connectivity index (χ0v) is 21.4. The van der Waals surface area contributed by atoms with E-state index in [9.17, 15) is 9.59 Å². The Morgan fingerprint density at radius 2 is 1.66 bits per heavy atom. The number of anilines is 1. The Morgan fingerprint density at radius 1 is 0.943 bits per heavy atom. The van der Waals surface area contributed by atoms with Crippen molar-refractivity contribution in [2.24, 2.45) is 5.73 Å². The van der Waals surface area contributed by atoms with Crippen LogP contribution in [0.2, 0.25) is 0 Å². The lowest BCUT2D eigenvalue weighted by atomic mass is 9.96. The Balaban J connectivity index is 0.00000204. The summed E-state index contributed by atoms with van der Waals surface area (Å²) in [5.74, 6) is 0.382. The molecule has 0 unspecified atom stereocenters. The number of aromatic nitrogens is 2. The number of hydrogen-bond donors (Lipinski definition) is 4. The minimum atomic E-state index is -0.351. The smallest absolute Gasteiger partial charge is 0.258 e. The number of ether oxygens (including phenoxy) is 1. The SMILES string of the molecule is CNC(=O)c1ccc(NC(=O)c2cccc3[nH]c(CN)nc23)c(OC)c1-c1ccccc1.Cl.Cl.Cl. The summed E-state index contributed by atoms with van der Waals surface area (Å²) >= 11 is 0. The Labute approximate surface area is 221 Å². The van der Waals surface area contributed by atoms with Crippen molar-refractivity contribution in [1.82, 2.24) is 15.3 Å². The van der Waals surface area contributed by atoms with E-state index in [2.05, 4.69) is 20.6 Å². The zero-order valence-electron chi connectivity index (χ0n) is 19.0. The molecule has 4 rings (SSSR count). The zero-order chi connectivity index (χ0) is 22.7. The van der Waals surface area contributed by atoms with E-state index in [0.717, 1.165) is 11.1 Å². The van der Waals surface area contributed by atoms with Crippen molar-refractivity contribution in [3.63, 3.8) is 0 Å². The van der Waals surface area contributed by atoms with Gasteiger partial charge in [-0.3, -0.25) is 9.59 Å². The van der Waals surface area contributed by atoms with Crippen LogP contribution in [-0.4, -0.2) is 35.9 Å². The molecule has 186 valence electrons. The van der Waals surface area contributed by atoms with Crippen LogP contribution in [0.25, 0.3) is 22.2 Å². The molecule has 0 spiro atoms. The van der Waals surface area contributed by atoms with Crippen molar-refractivity contribution >= 4 is 65.8 Å². The van der Waals surface area contributed by atoms with E-state index in [1.54, 1.807) is 31.3 Å². The number of halogens is 3. The van der Waals surface area contributed by atoms with Crippen LogP contribution in [-0.2, 0) is 6.54 Å². The summed E-state index contributed by atoms with van der Waals surface area (Å²) in [6.07, 6.45) is 0. The lowest BCUT2D eigenvalue weighted by molar-refractivity contribution is 0.0962. The van der Waals surface area contributed by atoms with Gasteiger partial charge >= 0.3 is 0 Å². The maximum absolute atomic E-state index is 13.2. The molecule has 0 radical (unpaired) electrons. The molecule has 35 heavy (non-hydrogen) atoms. The van der Waals surface area contributed by atoms with Gasteiger partial charge in [0.05, 0.1) is 36.0 Å². The molecule has 0 aliphatic heterocycles. The normalized spacial score (nSPS) is 9.80. The number of carbonyl (C=O) groups is 2. The molecule has 0 saturated heterocycles. The number of amides is 2. The van der Waals surface area contributed by atoms with Crippen molar-refractivity contribution in [3.8, 4) is 16.9 Å². The van der Waals surface area contributed by atoms with Gasteiger partial charge in [0.2, 0.25) is 0 Å². The highest BCUT2D eigenvalue weighted by Gasteiger charge is 2.22. The third-order valence-corrected chi connectivity index (χ3v) is 5.14. The lowest BCUT2D eigenvalue weighted by Gasteiger charge is -2.18. The van der Waals surface area contributed by atoms with Gasteiger partial charge in [-0.2, -0.15) is 0 Å². The Kier molecular flexibility index (Phi) is 11.0. The van der Waals surface area contributed by atoms with Crippen LogP contribution in [0, 0.1) is 0 Å². The number of aromatic amines is 1. The first-order chi connectivity index (χ1) is 15.6. The molecule has 5 N–H and O–H groups in total. The van der Waals surface area contributed by atoms with Crippen LogP contribution >= 0.6 is 37.2 Å². The van der Waals surface area contributed by atoms with Gasteiger partial charge < -0.3 is 26.1 Å². The molecule has 1 heterocycles. The Morgan fingerprint density at radius 3 is 2.29 bits per heavy atom. The minimum Gasteiger partial charge on any atom is -0.494 e. The molecule has 0 aliphatic carbocycles. The Hall–Kier alpha value is -3.30. The van der Waals surface area contributed by atoms with Gasteiger partial charge in [0, 0.05) is 12.6 Å². The highest BCUT2D eigenvalue weighted by molar-refractivity contribution is 6.13. The highest BCUT2D eigenvalue weighted by Crippen LogP contribution is 2.39. The molecular formula is C24H26Cl3N5O3. The summed E-state index contributed by atoms with van der Waals surface area (Å²) in [6.45, 7) is 0.241. The first kappa shape index (κ1) is 29.7. The molecule has 2 amide bonds. The number of methoxy groups -OCH3 is 1. The fraction of sp³-hybridized carbons (Fsp3) is 0.125. The van der Waals surface area contributed by atoms with E-state index in [4.69, 9.17) is 10.5 Å². The number of rotatable bonds is 6. The number of hydrogen-bond acceptors (Lipinski definition) is 5. The van der Waals surface area contributed by atoms with Crippen LogP contribution in [0.4, 0.5) is 5.69 Å². The van der Waals surface area contributed by atoms with Gasteiger partial charge in [-0.1, -0.05) is 36.4 Å². The Bertz CT molecular complexity index is 1310. The van der Waals surface area contributed by atoms with Crippen LogP contribution < -0.4 is 21.1 Å². The standard InChI is InChI=1S/C24H23N5O3.3ClH/c1-26-23(30)15-11-12-18(22(32-2)20(15)14-7-4-3-5-8-14)28-24(31)16-9-6-10-17-21(16)29-19(13-25)27-17;;;/h3-12H,13,25H2,1-2H3,(H,26,30)(H,27,29)(H,28,31);3*1H. The number of para-hydroxylation sites is 1. The molecular weight excluding hydrogens is 513 g/mol. The molecule has 0 atom stereocenters. The third-order valence-electron chi connectivity index (χ3n) is 5.14. The summed E-state index contributed by atoms with van der Waals surface area (Å²) in [5.41, 5.74) is 9.61. The van der Waals surface area contributed by atoms with Crippen LogP contribution in [0.3, 0.4) is 0 Å². The van der Waals surface area contributed by atoms with Crippen LogP contribution in [0.1, 0.15) is 26.5 Å². The molecule has 0 bridgehead atoms. The molecule has 4 aromatic rings. The van der Waals surface area contributed by atoms with E-state index in [1.165, 1.54) is 7.11 Å². The summed E-state index contributed by atoms with van der Waals surface area (Å²) in [6, 6.07) is 18.0. The molecule has 0 fully saturated rings. The molecule has 8 nitrogen and oxygen atoms in total. The first-order valence-electron chi connectivity index (χ1n) is 10.0. The second-order valence-corrected chi connectivity index (χ2v) is 7.06. The number of imidazole rings is 1. The maximum atomic E-state index is 13.2. The fourth-order valence-electron chi connectivity index (χ4n) is 3.66. The quantitative estimate of drug-likeness (QED) is 0.286. The lowest BCUT2D eigenvalue weighted by Crippen LogP contribution is -2.20. The van der Waals surface area contributed by atoms with Crippen molar-refractivity contribution < 1.29 is 14.3 Å². The largest absolute Gasteiger partial charge is 0.494 e. The predicted octanol–water partition coefficient (Wildman–Crippen LogP) is 4.57. The summed E-state index contributed by atoms with van der Waals surface area (Å²) < 4.78 is 5.68. The number of nitrogens with zero attached hydrogens (tertiary/aromatic N) is 1. The van der Waals surface area contributed by atoms with Crippen LogP contribution in [0.5, 0.6) is 5.75 Å². The van der Waals surface area contributed by atoms with Crippen LogP contribution in [0.15, 0.2) is 60.7 Å². The summed E-state index contributed by atoms with van der Waals surface area (Å²) in [7, 11) is 3.08. The molecule has 3 aromatic carbocycles. The van der Waals surface area contributed by atoms with E-state index in [-0.39, 0.29) is 55.6 Å². The first-order valence-corrected chi connectivity index (χ1v) is 10.0. The number of nitrogens with two attached hydrogens (primary N) is 1.